The molecule has 164 valence electrons. The van der Waals surface area contributed by atoms with Crippen LogP contribution >= 0.6 is 0 Å². The molecule has 1 aliphatic heterocycles. The van der Waals surface area contributed by atoms with Crippen molar-refractivity contribution in [3.05, 3.63) is 54.1 Å². The normalized spacial score (nSPS) is 14.2. The Kier molecular flexibility index (Phi) is 11.5. The van der Waals surface area contributed by atoms with Crippen molar-refractivity contribution in [1.82, 2.24) is 5.32 Å². The average Bonchev–Trinajstić information content (AvgIpc) is 3.21. The smallest absolute Gasteiger partial charge is 0.244 e. The molecule has 1 amide bonds. The maximum Gasteiger partial charge on any atom is 0.244 e. The van der Waals surface area contributed by atoms with Gasteiger partial charge in [0.1, 0.15) is 0 Å². The van der Waals surface area contributed by atoms with Crippen LogP contribution in [0.15, 0.2) is 48.6 Å². The Morgan fingerprint density at radius 2 is 1.70 bits per heavy atom. The van der Waals surface area contributed by atoms with Crippen LogP contribution in [0.1, 0.15) is 77.2 Å². The van der Waals surface area contributed by atoms with Crippen molar-refractivity contribution in [2.45, 2.75) is 77.7 Å². The standard InChI is InChI=1S/C26H37NO3/c1-3-22(2)27-26(28)17-15-13-11-9-7-5-4-6-8-10-12-14-16-23-18-19-24-25(20-23)30-21-29-24/h11,13-20,22H,3-10,12,21H2,1-2H3,(H,27,28)/b13-11+,16-14+,17-15+/t22-/m0/s1. The first-order valence-electron chi connectivity index (χ1n) is 11.4. The number of benzene rings is 1. The highest BCUT2D eigenvalue weighted by Gasteiger charge is 2.11. The topological polar surface area (TPSA) is 47.6 Å². The van der Waals surface area contributed by atoms with Gasteiger partial charge in [-0.1, -0.05) is 69.1 Å². The summed E-state index contributed by atoms with van der Waals surface area (Å²) in [6.07, 6.45) is 22.7. The predicted molar refractivity (Wildman–Crippen MR) is 125 cm³/mol. The van der Waals surface area contributed by atoms with Crippen LogP contribution in [0.4, 0.5) is 0 Å². The number of carbonyl (C=O) groups excluding carboxylic acids is 1. The van der Waals surface area contributed by atoms with E-state index in [9.17, 15) is 4.79 Å². The van der Waals surface area contributed by atoms with Crippen molar-refractivity contribution < 1.29 is 14.3 Å². The van der Waals surface area contributed by atoms with E-state index in [1.54, 1.807) is 6.08 Å². The lowest BCUT2D eigenvalue weighted by molar-refractivity contribution is -0.117. The number of rotatable bonds is 14. The van der Waals surface area contributed by atoms with Crippen LogP contribution in [-0.2, 0) is 4.79 Å². The summed E-state index contributed by atoms with van der Waals surface area (Å²) in [6.45, 7) is 4.40. The number of hydrogen-bond acceptors (Lipinski definition) is 3. The maximum atomic E-state index is 11.6. The number of hydrogen-bond donors (Lipinski definition) is 1. The van der Waals surface area contributed by atoms with Gasteiger partial charge in [-0.3, -0.25) is 4.79 Å². The summed E-state index contributed by atoms with van der Waals surface area (Å²) < 4.78 is 10.7. The van der Waals surface area contributed by atoms with Crippen LogP contribution in [0.5, 0.6) is 11.5 Å². The second-order valence-corrected chi connectivity index (χ2v) is 7.82. The highest BCUT2D eigenvalue weighted by molar-refractivity contribution is 5.87. The molecule has 1 aromatic carbocycles. The second-order valence-electron chi connectivity index (χ2n) is 7.82. The van der Waals surface area contributed by atoms with Gasteiger partial charge in [-0.15, -0.1) is 0 Å². The number of fused-ring (bicyclic) bond motifs is 1. The van der Waals surface area contributed by atoms with E-state index in [-0.39, 0.29) is 11.9 Å². The van der Waals surface area contributed by atoms with Crippen LogP contribution in [0, 0.1) is 0 Å². The van der Waals surface area contributed by atoms with Gasteiger partial charge in [-0.2, -0.15) is 0 Å². The molecule has 0 fully saturated rings. The van der Waals surface area contributed by atoms with E-state index < -0.39 is 0 Å². The molecule has 0 saturated heterocycles. The van der Waals surface area contributed by atoms with Gasteiger partial charge in [-0.05, 0) is 56.7 Å². The fourth-order valence-corrected chi connectivity index (χ4v) is 3.18. The molecule has 0 aliphatic carbocycles. The Bertz CT molecular complexity index is 721. The number of allylic oxidation sites excluding steroid dienone is 4. The molecule has 4 heteroatoms. The third kappa shape index (κ3) is 9.82. The SMILES string of the molecule is CC[C@H](C)NC(=O)/C=C/C=C/CCCCCCCC/C=C/c1ccc2c(c1)OCO2. The summed E-state index contributed by atoms with van der Waals surface area (Å²) in [6, 6.07) is 6.30. The highest BCUT2D eigenvalue weighted by atomic mass is 16.7. The number of nitrogens with one attached hydrogen (secondary N) is 1. The summed E-state index contributed by atoms with van der Waals surface area (Å²) in [5.74, 6) is 1.67. The first-order chi connectivity index (χ1) is 14.7. The monoisotopic (exact) mass is 411 g/mol. The van der Waals surface area contributed by atoms with E-state index in [4.69, 9.17) is 9.47 Å². The van der Waals surface area contributed by atoms with Crippen molar-refractivity contribution in [1.29, 1.82) is 0 Å². The average molecular weight is 412 g/mol. The third-order valence-corrected chi connectivity index (χ3v) is 5.19. The highest BCUT2D eigenvalue weighted by Crippen LogP contribution is 2.32. The van der Waals surface area contributed by atoms with E-state index in [1.807, 2.05) is 31.2 Å². The van der Waals surface area contributed by atoms with E-state index in [0.29, 0.717) is 6.79 Å². The molecule has 2 rings (SSSR count). The molecule has 0 saturated carbocycles. The van der Waals surface area contributed by atoms with Gasteiger partial charge >= 0.3 is 0 Å². The summed E-state index contributed by atoms with van der Waals surface area (Å²) in [5.41, 5.74) is 1.17. The predicted octanol–water partition coefficient (Wildman–Crippen LogP) is 6.58. The van der Waals surface area contributed by atoms with E-state index >= 15 is 0 Å². The zero-order valence-corrected chi connectivity index (χ0v) is 18.6. The lowest BCUT2D eigenvalue weighted by Gasteiger charge is -2.07. The molecule has 0 unspecified atom stereocenters. The lowest BCUT2D eigenvalue weighted by atomic mass is 10.1. The quantitative estimate of drug-likeness (QED) is 0.214. The van der Waals surface area contributed by atoms with Crippen LogP contribution in [0.25, 0.3) is 6.08 Å². The Hall–Kier alpha value is -2.49. The van der Waals surface area contributed by atoms with Gasteiger partial charge < -0.3 is 14.8 Å². The van der Waals surface area contributed by atoms with Crippen LogP contribution in [-0.4, -0.2) is 18.7 Å². The Balaban J connectivity index is 1.42. The minimum Gasteiger partial charge on any atom is -0.454 e. The molecule has 0 aromatic heterocycles. The second kappa shape index (κ2) is 14.5. The molecule has 0 radical (unpaired) electrons. The first kappa shape index (κ1) is 23.8. The summed E-state index contributed by atoms with van der Waals surface area (Å²) in [4.78, 5) is 11.6. The number of carbonyl (C=O) groups is 1. The van der Waals surface area contributed by atoms with E-state index in [1.165, 1.54) is 44.1 Å². The molecular weight excluding hydrogens is 374 g/mol. The molecular formula is C26H37NO3. The summed E-state index contributed by atoms with van der Waals surface area (Å²) in [7, 11) is 0. The zero-order valence-electron chi connectivity index (χ0n) is 18.6. The van der Waals surface area contributed by atoms with Gasteiger partial charge in [0.15, 0.2) is 11.5 Å². The Labute approximate surface area is 182 Å². The van der Waals surface area contributed by atoms with Gasteiger partial charge in [-0.25, -0.2) is 0 Å². The fourth-order valence-electron chi connectivity index (χ4n) is 3.18. The van der Waals surface area contributed by atoms with Crippen molar-refractivity contribution in [3.8, 4) is 11.5 Å². The molecule has 30 heavy (non-hydrogen) atoms. The van der Waals surface area contributed by atoms with Crippen molar-refractivity contribution in [2.75, 3.05) is 6.79 Å². The molecule has 4 nitrogen and oxygen atoms in total. The van der Waals surface area contributed by atoms with Crippen molar-refractivity contribution in [3.63, 3.8) is 0 Å². The van der Waals surface area contributed by atoms with Crippen LogP contribution in [0.2, 0.25) is 0 Å². The van der Waals surface area contributed by atoms with Crippen LogP contribution in [0.3, 0.4) is 0 Å². The lowest BCUT2D eigenvalue weighted by Crippen LogP contribution is -2.30. The maximum absolute atomic E-state index is 11.6. The molecule has 1 aliphatic rings. The molecule has 1 aromatic rings. The Morgan fingerprint density at radius 1 is 1.00 bits per heavy atom. The molecule has 0 bridgehead atoms. The number of ether oxygens (including phenoxy) is 2. The first-order valence-corrected chi connectivity index (χ1v) is 11.4. The van der Waals surface area contributed by atoms with E-state index in [2.05, 4.69) is 36.5 Å². The van der Waals surface area contributed by atoms with Crippen molar-refractivity contribution >= 4 is 12.0 Å². The number of amides is 1. The third-order valence-electron chi connectivity index (χ3n) is 5.19. The van der Waals surface area contributed by atoms with Crippen molar-refractivity contribution in [2.24, 2.45) is 0 Å². The largest absolute Gasteiger partial charge is 0.454 e. The summed E-state index contributed by atoms with van der Waals surface area (Å²) in [5, 5.41) is 2.92. The van der Waals surface area contributed by atoms with Gasteiger partial charge in [0.2, 0.25) is 12.7 Å². The zero-order chi connectivity index (χ0) is 21.4. The minimum absolute atomic E-state index is 0.0141. The van der Waals surface area contributed by atoms with Gasteiger partial charge in [0.25, 0.3) is 0 Å². The van der Waals surface area contributed by atoms with E-state index in [0.717, 1.165) is 30.8 Å². The minimum atomic E-state index is -0.0141. The molecule has 1 N–H and O–H groups in total. The summed E-state index contributed by atoms with van der Waals surface area (Å²) >= 11 is 0. The van der Waals surface area contributed by atoms with Crippen LogP contribution < -0.4 is 14.8 Å². The van der Waals surface area contributed by atoms with Gasteiger partial charge in [0, 0.05) is 12.1 Å². The molecule has 0 spiro atoms. The number of unbranched alkanes of at least 4 members (excludes halogenated alkanes) is 7. The fraction of sp³-hybridized carbons (Fsp3) is 0.500. The molecule has 1 heterocycles. The Morgan fingerprint density at radius 3 is 2.47 bits per heavy atom. The molecule has 1 atom stereocenters. The van der Waals surface area contributed by atoms with Gasteiger partial charge in [0.05, 0.1) is 0 Å².